The third-order valence-electron chi connectivity index (χ3n) is 2.62. The van der Waals surface area contributed by atoms with Crippen molar-refractivity contribution in [3.05, 3.63) is 57.8 Å². The normalized spacial score (nSPS) is 10.2. The number of nitrogens with one attached hydrogen (secondary N) is 1. The van der Waals surface area contributed by atoms with Crippen LogP contribution in [0, 0.1) is 0 Å². The lowest BCUT2D eigenvalue weighted by molar-refractivity contribution is 0.0950. The molecule has 0 aliphatic heterocycles. The van der Waals surface area contributed by atoms with Gasteiger partial charge in [0.25, 0.3) is 5.91 Å². The number of ether oxygens (including phenoxy) is 1. The van der Waals surface area contributed by atoms with Crippen LogP contribution in [-0.4, -0.2) is 18.0 Å². The van der Waals surface area contributed by atoms with Crippen LogP contribution in [0.1, 0.15) is 16.1 Å². The van der Waals surface area contributed by atoms with E-state index in [2.05, 4.69) is 10.3 Å². The van der Waals surface area contributed by atoms with Gasteiger partial charge >= 0.3 is 0 Å². The van der Waals surface area contributed by atoms with E-state index >= 15 is 0 Å². The van der Waals surface area contributed by atoms with Crippen LogP contribution in [0.15, 0.2) is 36.5 Å². The number of carbonyl (C=O) groups excluding carboxylic acids is 1. The number of pyridine rings is 1. The predicted molar refractivity (Wildman–Crippen MR) is 78.4 cm³/mol. The maximum atomic E-state index is 12.0. The van der Waals surface area contributed by atoms with Crippen LogP contribution < -0.4 is 10.1 Å². The first-order chi connectivity index (χ1) is 9.61. The lowest BCUT2D eigenvalue weighted by atomic mass is 10.2. The molecule has 0 radical (unpaired) electrons. The zero-order chi connectivity index (χ0) is 14.5. The molecule has 0 fully saturated rings. The quantitative estimate of drug-likeness (QED) is 0.942. The van der Waals surface area contributed by atoms with Crippen LogP contribution in [0.25, 0.3) is 0 Å². The Morgan fingerprint density at radius 3 is 2.55 bits per heavy atom. The van der Waals surface area contributed by atoms with Gasteiger partial charge in [0.05, 0.1) is 29.4 Å². The van der Waals surface area contributed by atoms with Crippen LogP contribution in [0.3, 0.4) is 0 Å². The molecule has 104 valence electrons. The van der Waals surface area contributed by atoms with Gasteiger partial charge in [-0.3, -0.25) is 9.78 Å². The SMILES string of the molecule is COc1c(Cl)cc(C(=O)NCc2ccccn2)cc1Cl. The van der Waals surface area contributed by atoms with Gasteiger partial charge in [0.1, 0.15) is 0 Å². The summed E-state index contributed by atoms with van der Waals surface area (Å²) >= 11 is 12.0. The number of halogens is 2. The van der Waals surface area contributed by atoms with Crippen molar-refractivity contribution in [2.24, 2.45) is 0 Å². The molecule has 2 aromatic rings. The molecule has 1 amide bonds. The second kappa shape index (κ2) is 6.59. The highest BCUT2D eigenvalue weighted by Gasteiger charge is 2.13. The topological polar surface area (TPSA) is 51.2 Å². The average molecular weight is 311 g/mol. The van der Waals surface area contributed by atoms with Crippen LogP contribution in [0.4, 0.5) is 0 Å². The highest BCUT2D eigenvalue weighted by atomic mass is 35.5. The number of benzene rings is 1. The Morgan fingerprint density at radius 2 is 2.00 bits per heavy atom. The van der Waals surface area contributed by atoms with Crippen LogP contribution in [-0.2, 0) is 6.54 Å². The lowest BCUT2D eigenvalue weighted by Crippen LogP contribution is -2.23. The second-order valence-electron chi connectivity index (χ2n) is 3.98. The summed E-state index contributed by atoms with van der Waals surface area (Å²) in [6, 6.07) is 8.53. The van der Waals surface area contributed by atoms with Gasteiger partial charge in [-0.1, -0.05) is 29.3 Å². The van der Waals surface area contributed by atoms with Crippen LogP contribution in [0.2, 0.25) is 10.0 Å². The highest BCUT2D eigenvalue weighted by molar-refractivity contribution is 6.37. The molecular formula is C14H12Cl2N2O2. The molecule has 0 aliphatic rings. The molecule has 4 nitrogen and oxygen atoms in total. The van der Waals surface area contributed by atoms with E-state index in [0.717, 1.165) is 5.69 Å². The summed E-state index contributed by atoms with van der Waals surface area (Å²) in [5.41, 5.74) is 1.14. The van der Waals surface area contributed by atoms with Gasteiger partial charge in [0, 0.05) is 11.8 Å². The minimum atomic E-state index is -0.276. The van der Waals surface area contributed by atoms with Crippen molar-refractivity contribution in [3.63, 3.8) is 0 Å². The Morgan fingerprint density at radius 1 is 1.30 bits per heavy atom. The monoisotopic (exact) mass is 310 g/mol. The number of amides is 1. The Balaban J connectivity index is 2.10. The molecular weight excluding hydrogens is 299 g/mol. The van der Waals surface area contributed by atoms with Crippen molar-refractivity contribution in [2.75, 3.05) is 7.11 Å². The summed E-state index contributed by atoms with van der Waals surface area (Å²) in [4.78, 5) is 16.1. The summed E-state index contributed by atoms with van der Waals surface area (Å²) in [6.45, 7) is 0.334. The lowest BCUT2D eigenvalue weighted by Gasteiger charge is -2.09. The van der Waals surface area contributed by atoms with Gasteiger partial charge in [-0.15, -0.1) is 0 Å². The third-order valence-corrected chi connectivity index (χ3v) is 3.18. The first-order valence-corrected chi connectivity index (χ1v) is 6.58. The average Bonchev–Trinajstić information content (AvgIpc) is 2.45. The Kier molecular flexibility index (Phi) is 4.82. The van der Waals surface area contributed by atoms with Crippen molar-refractivity contribution >= 4 is 29.1 Å². The molecule has 0 saturated heterocycles. The third kappa shape index (κ3) is 3.40. The summed E-state index contributed by atoms with van der Waals surface area (Å²) in [5.74, 6) is 0.0803. The Labute approximate surface area is 126 Å². The van der Waals surface area contributed by atoms with E-state index < -0.39 is 0 Å². The first kappa shape index (κ1) is 14.6. The summed E-state index contributed by atoms with van der Waals surface area (Å²) in [5, 5.41) is 3.34. The minimum absolute atomic E-state index is 0.276. The van der Waals surface area contributed by atoms with Crippen molar-refractivity contribution in [2.45, 2.75) is 6.54 Å². The van der Waals surface area contributed by atoms with Crippen LogP contribution >= 0.6 is 23.2 Å². The summed E-state index contributed by atoms with van der Waals surface area (Å²) in [6.07, 6.45) is 1.67. The van der Waals surface area contributed by atoms with Crippen molar-refractivity contribution in [1.82, 2.24) is 10.3 Å². The maximum absolute atomic E-state index is 12.0. The van der Waals surface area contributed by atoms with Crippen molar-refractivity contribution in [3.8, 4) is 5.75 Å². The van der Waals surface area contributed by atoms with E-state index in [1.54, 1.807) is 6.20 Å². The van der Waals surface area contributed by atoms with Gasteiger partial charge in [0.15, 0.2) is 5.75 Å². The van der Waals surface area contributed by atoms with E-state index in [0.29, 0.717) is 27.9 Å². The van der Waals surface area contributed by atoms with Crippen LogP contribution in [0.5, 0.6) is 5.75 Å². The number of aromatic nitrogens is 1. The van der Waals surface area contributed by atoms with Gasteiger partial charge in [0.2, 0.25) is 0 Å². The molecule has 6 heteroatoms. The molecule has 0 unspecified atom stereocenters. The smallest absolute Gasteiger partial charge is 0.251 e. The van der Waals surface area contributed by atoms with Crippen molar-refractivity contribution < 1.29 is 9.53 Å². The number of hydrogen-bond acceptors (Lipinski definition) is 3. The maximum Gasteiger partial charge on any atom is 0.251 e. The number of methoxy groups -OCH3 is 1. The van der Waals surface area contributed by atoms with E-state index in [1.165, 1.54) is 19.2 Å². The summed E-state index contributed by atoms with van der Waals surface area (Å²) in [7, 11) is 1.47. The Hall–Kier alpha value is -1.78. The van der Waals surface area contributed by atoms with E-state index in [1.807, 2.05) is 18.2 Å². The molecule has 0 spiro atoms. The van der Waals surface area contributed by atoms with Gasteiger partial charge in [-0.25, -0.2) is 0 Å². The largest absolute Gasteiger partial charge is 0.494 e. The van der Waals surface area contributed by atoms with Gasteiger partial charge in [-0.05, 0) is 24.3 Å². The van der Waals surface area contributed by atoms with Crippen molar-refractivity contribution in [1.29, 1.82) is 0 Å². The standard InChI is InChI=1S/C14H12Cl2N2O2/c1-20-13-11(15)6-9(7-12(13)16)14(19)18-8-10-4-2-3-5-17-10/h2-7H,8H2,1H3,(H,18,19). The molecule has 0 atom stereocenters. The molecule has 1 aromatic carbocycles. The Bertz CT molecular complexity index is 595. The number of carbonyl (C=O) groups is 1. The van der Waals surface area contributed by atoms with E-state index in [4.69, 9.17) is 27.9 Å². The van der Waals surface area contributed by atoms with Gasteiger partial charge < -0.3 is 10.1 Å². The fourth-order valence-electron chi connectivity index (χ4n) is 1.66. The van der Waals surface area contributed by atoms with E-state index in [-0.39, 0.29) is 5.91 Å². The molecule has 0 saturated carbocycles. The number of rotatable bonds is 4. The zero-order valence-electron chi connectivity index (χ0n) is 10.7. The molecule has 0 bridgehead atoms. The number of hydrogen-bond donors (Lipinski definition) is 1. The second-order valence-corrected chi connectivity index (χ2v) is 4.79. The molecule has 1 N–H and O–H groups in total. The molecule has 0 aliphatic carbocycles. The fourth-order valence-corrected chi connectivity index (χ4v) is 2.30. The summed E-state index contributed by atoms with van der Waals surface area (Å²) < 4.78 is 5.03. The highest BCUT2D eigenvalue weighted by Crippen LogP contribution is 2.33. The minimum Gasteiger partial charge on any atom is -0.494 e. The molecule has 20 heavy (non-hydrogen) atoms. The fraction of sp³-hybridized carbons (Fsp3) is 0.143. The molecule has 1 aromatic heterocycles. The molecule has 2 rings (SSSR count). The first-order valence-electron chi connectivity index (χ1n) is 5.83. The zero-order valence-corrected chi connectivity index (χ0v) is 12.2. The predicted octanol–water partition coefficient (Wildman–Crippen LogP) is 3.33. The number of nitrogens with zero attached hydrogens (tertiary/aromatic N) is 1. The van der Waals surface area contributed by atoms with E-state index in [9.17, 15) is 4.79 Å². The van der Waals surface area contributed by atoms with Gasteiger partial charge in [-0.2, -0.15) is 0 Å². The molecule has 1 heterocycles.